The van der Waals surface area contributed by atoms with Crippen LogP contribution in [0, 0.1) is 0 Å². The van der Waals surface area contributed by atoms with Gasteiger partial charge in [-0.15, -0.1) is 11.3 Å². The van der Waals surface area contributed by atoms with Crippen LogP contribution in [-0.4, -0.2) is 11.3 Å². The van der Waals surface area contributed by atoms with Crippen LogP contribution in [0.15, 0.2) is 314 Å². The number of fused-ring (bicyclic) bond motifs is 13. The maximum Gasteiger partial charge on any atom is 0.264 e. The van der Waals surface area contributed by atoms with Crippen LogP contribution in [0.1, 0.15) is 83.1 Å². The number of furan rings is 1. The van der Waals surface area contributed by atoms with E-state index in [1.807, 2.05) is 6.07 Å². The topological polar surface area (TPSA) is 24.6 Å². The van der Waals surface area contributed by atoms with Crippen molar-refractivity contribution < 1.29 is 8.53 Å². The molecule has 2 aliphatic rings. The van der Waals surface area contributed by atoms with Crippen LogP contribution in [-0.2, 0) is 16.2 Å². The van der Waals surface area contributed by atoms with Crippen LogP contribution < -0.4 is 25.5 Å². The minimum absolute atomic E-state index is 0.0141. The van der Waals surface area contributed by atoms with Crippen molar-refractivity contribution in [2.45, 2.75) is 78.6 Å². The zero-order chi connectivity index (χ0) is 75.4. The second-order valence-electron chi connectivity index (χ2n) is 32.9. The van der Waals surface area contributed by atoms with E-state index < -0.39 is 12.1 Å². The molecule has 0 aliphatic carbocycles. The Morgan fingerprint density at radius 2 is 0.861 bits per heavy atom. The van der Waals surface area contributed by atoms with E-state index in [0.29, 0.717) is 16.8 Å². The van der Waals surface area contributed by atoms with Crippen LogP contribution in [0.25, 0.3) is 147 Å². The molecule has 19 aromatic rings. The van der Waals surface area contributed by atoms with Gasteiger partial charge in [0, 0.05) is 92.4 Å². The first-order valence-electron chi connectivity index (χ1n) is 39.3. The molecule has 0 fully saturated rings. The molecule has 2 aliphatic heterocycles. The summed E-state index contributed by atoms with van der Waals surface area (Å²) in [6.45, 7) is 20.2. The highest BCUT2D eigenvalue weighted by atomic mass is 32.1. The first kappa shape index (κ1) is 61.0. The first-order valence-corrected chi connectivity index (χ1v) is 38.6. The first-order chi connectivity index (χ1) is 53.7. The monoisotopic (exact) mass is 1410 g/mol. The van der Waals surface area contributed by atoms with Crippen molar-refractivity contribution in [3.8, 4) is 61.3 Å². The Kier molecular flexibility index (Phi) is 13.4. The Labute approximate surface area is 638 Å². The van der Waals surface area contributed by atoms with E-state index in [1.54, 1.807) is 11.3 Å². The molecule has 0 N–H and O–H groups in total. The Morgan fingerprint density at radius 3 is 1.46 bits per heavy atom. The molecule has 0 amide bonds. The van der Waals surface area contributed by atoms with Crippen molar-refractivity contribution in [1.29, 1.82) is 0 Å². The van der Waals surface area contributed by atoms with Crippen LogP contribution in [0.5, 0.6) is 0 Å². The molecule has 4 nitrogen and oxygen atoms in total. The average Bonchev–Trinajstić information content (AvgIpc) is 1.67. The van der Waals surface area contributed by atoms with Crippen molar-refractivity contribution in [3.63, 3.8) is 0 Å². The lowest BCUT2D eigenvalue weighted by Crippen LogP contribution is -2.60. The van der Waals surface area contributed by atoms with Gasteiger partial charge in [-0.05, 0) is 171 Å². The number of hydrogen-bond donors (Lipinski definition) is 0. The van der Waals surface area contributed by atoms with Crippen molar-refractivity contribution >= 4 is 154 Å². The van der Waals surface area contributed by atoms with Crippen LogP contribution in [0.3, 0.4) is 0 Å². The number of hydrogen-bond acceptors (Lipinski definition) is 4. The van der Waals surface area contributed by atoms with Crippen molar-refractivity contribution in [2.75, 3.05) is 9.80 Å². The van der Waals surface area contributed by atoms with E-state index in [-0.39, 0.29) is 29.0 Å². The van der Waals surface area contributed by atoms with Crippen LogP contribution in [0.2, 0.25) is 0 Å². The second kappa shape index (κ2) is 23.6. The summed E-state index contributed by atoms with van der Waals surface area (Å²) in [6, 6.07) is 107. The van der Waals surface area contributed by atoms with E-state index in [0.717, 1.165) is 186 Å². The molecule has 0 spiro atoms. The predicted octanol–water partition coefficient (Wildman–Crippen LogP) is 27.1. The van der Waals surface area contributed by atoms with Crippen molar-refractivity contribution in [1.82, 2.24) is 4.57 Å². The van der Waals surface area contributed by atoms with Crippen LogP contribution >= 0.6 is 11.3 Å². The van der Waals surface area contributed by atoms with Gasteiger partial charge in [0.1, 0.15) is 11.2 Å². The highest BCUT2D eigenvalue weighted by molar-refractivity contribution is 7.33. The zero-order valence-electron chi connectivity index (χ0n) is 64.9. The molecule has 108 heavy (non-hydrogen) atoms. The third-order valence-corrected chi connectivity index (χ3v) is 24.4. The number of aromatic nitrogens is 1. The minimum Gasteiger partial charge on any atom is -0.455 e. The maximum atomic E-state index is 12.1. The highest BCUT2D eigenvalue weighted by Crippen LogP contribution is 2.58. The summed E-state index contributed by atoms with van der Waals surface area (Å²) >= 11 is 1.77. The third-order valence-electron chi connectivity index (χ3n) is 23.2. The van der Waals surface area contributed by atoms with Gasteiger partial charge in [-0.1, -0.05) is 299 Å². The molecule has 0 saturated heterocycles. The Balaban J connectivity index is 0.969. The Morgan fingerprint density at radius 1 is 0.361 bits per heavy atom. The fourth-order valence-corrected chi connectivity index (χ4v) is 19.2. The van der Waals surface area contributed by atoms with Gasteiger partial charge in [0.2, 0.25) is 0 Å². The summed E-state index contributed by atoms with van der Waals surface area (Å²) in [5, 5.41) is 12.0. The SMILES string of the molecule is [2H]c1c([2H])c(-n2c3ccccc3c3cc4ccc5cccc6ccc(c4c56)c32)c([2H])c2c1B1c3sc4cc(-c5cccc6c5oc5ccccc56)ccc4c3N(c3c(-c4ccccc4)cc(C(C)(C)C)cc3-c3ccccc3)c3cc(C(C)(C)C)cc(c31)N2c1c(-c2ccccc2)cc(C(C)(C)C)cc1-c1ccccc1. The van der Waals surface area contributed by atoms with Gasteiger partial charge in [0.15, 0.2) is 0 Å². The van der Waals surface area contributed by atoms with Gasteiger partial charge in [-0.25, -0.2) is 0 Å². The quantitative estimate of drug-likeness (QED) is 0.112. The lowest BCUT2D eigenvalue weighted by molar-refractivity contribution is 0.590. The summed E-state index contributed by atoms with van der Waals surface area (Å²) < 4.78 is 46.2. The third kappa shape index (κ3) is 9.75. The fourth-order valence-electron chi connectivity index (χ4n) is 17.9. The number of nitrogens with zero attached hydrogens (tertiary/aromatic N) is 3. The molecule has 0 bridgehead atoms. The largest absolute Gasteiger partial charge is 0.455 e. The van der Waals surface area contributed by atoms with Gasteiger partial charge < -0.3 is 18.8 Å². The number of para-hydroxylation sites is 3. The van der Waals surface area contributed by atoms with Gasteiger partial charge in [0.25, 0.3) is 6.71 Å². The lowest BCUT2D eigenvalue weighted by Gasteiger charge is -2.46. The molecule has 0 unspecified atom stereocenters. The van der Waals surface area contributed by atoms with Crippen molar-refractivity contribution in [2.24, 2.45) is 0 Å². The molecule has 6 heteroatoms. The smallest absolute Gasteiger partial charge is 0.264 e. The standard InChI is InChI=1S/C102H78BN3OS/c1-100(2,3)69-54-79(61-28-14-10-15-29-61)95(80(55-69)62-30-16-11-17-31-62)105-86-60-72(104-85-42-24-22-38-74(85)83-52-68-45-44-65-36-26-37-66-46-50-78(94(83)104)92(68)91(65)66)48-51-84(86)103-93-87(105)58-71(102(7,8)9)59-88(93)106(96-81(63-32-18-12-19-33-63)56-70(101(4,5)6)57-82(96)64-34-20-13-21-35-64)97-77-49-47-67(53-90(77)108-99(97)103)73-40-27-41-76-75-39-23-25-43-89(75)107-98(73)76/h10-60H,1-9H3/i48D,51D,60D. The molecular formula is C102H78BN3OS. The molecule has 5 heterocycles. The minimum atomic E-state index is -0.685. The number of anilines is 6. The second-order valence-corrected chi connectivity index (χ2v) is 33.9. The van der Waals surface area contributed by atoms with E-state index in [1.165, 1.54) is 10.9 Å². The van der Waals surface area contributed by atoms with Gasteiger partial charge >= 0.3 is 0 Å². The molecular weight excluding hydrogens is 1330 g/mol. The fraction of sp³-hybridized carbons (Fsp3) is 0.118. The van der Waals surface area contributed by atoms with E-state index in [4.69, 9.17) is 4.42 Å². The van der Waals surface area contributed by atoms with E-state index in [9.17, 15) is 4.11 Å². The number of thiophene rings is 1. The van der Waals surface area contributed by atoms with Gasteiger partial charge in [-0.2, -0.15) is 0 Å². The summed E-state index contributed by atoms with van der Waals surface area (Å²) in [6.07, 6.45) is 0. The summed E-state index contributed by atoms with van der Waals surface area (Å²) in [7, 11) is 0. The van der Waals surface area contributed by atoms with Gasteiger partial charge in [0.05, 0.1) is 32.2 Å². The molecule has 0 atom stereocenters. The summed E-state index contributed by atoms with van der Waals surface area (Å²) in [5.41, 5.74) is 23.6. The number of benzene rings is 16. The van der Waals surface area contributed by atoms with Gasteiger partial charge in [-0.3, -0.25) is 0 Å². The summed E-state index contributed by atoms with van der Waals surface area (Å²) in [5.74, 6) is 0. The van der Waals surface area contributed by atoms with Crippen molar-refractivity contribution in [3.05, 3.63) is 326 Å². The molecule has 516 valence electrons. The zero-order valence-corrected chi connectivity index (χ0v) is 62.8. The molecule has 0 saturated carbocycles. The molecule has 3 aromatic heterocycles. The molecule has 21 rings (SSSR count). The Bertz CT molecular complexity index is 6980. The van der Waals surface area contributed by atoms with Crippen LogP contribution in [0.4, 0.5) is 34.1 Å². The summed E-state index contributed by atoms with van der Waals surface area (Å²) in [4.78, 5) is 5.07. The molecule has 16 aromatic carbocycles. The highest BCUT2D eigenvalue weighted by Gasteiger charge is 2.48. The van der Waals surface area contributed by atoms with E-state index >= 15 is 0 Å². The number of rotatable bonds is 8. The Hall–Kier alpha value is -12.2. The average molecular weight is 1410 g/mol. The normalized spacial score (nSPS) is 13.6. The predicted molar refractivity (Wildman–Crippen MR) is 464 cm³/mol. The van der Waals surface area contributed by atoms with E-state index in [2.05, 4.69) is 362 Å². The molecule has 0 radical (unpaired) electrons. The lowest BCUT2D eigenvalue weighted by atomic mass is 9.36. The maximum absolute atomic E-state index is 12.1.